The maximum atomic E-state index is 6.18. The third-order valence-corrected chi connectivity index (χ3v) is 4.07. The molecule has 1 aromatic carbocycles. The standard InChI is InChI=1S/C17H21NO/c1-18-11-12-19-17(14-7-3-2-4-8-14)16-10-6-5-9-15(16)13-18/h2-10,15-17H,11-13H2,1H3. The van der Waals surface area contributed by atoms with Gasteiger partial charge in [0.05, 0.1) is 12.7 Å². The number of fused-ring (bicyclic) bond motifs is 1. The second kappa shape index (κ2) is 5.72. The first-order chi connectivity index (χ1) is 9.34. The van der Waals surface area contributed by atoms with E-state index in [1.807, 2.05) is 0 Å². The molecule has 19 heavy (non-hydrogen) atoms. The zero-order valence-electron chi connectivity index (χ0n) is 11.4. The number of ether oxygens (including phenoxy) is 1. The quantitative estimate of drug-likeness (QED) is 0.764. The number of hydrogen-bond acceptors (Lipinski definition) is 2. The molecule has 0 spiro atoms. The Morgan fingerprint density at radius 3 is 2.74 bits per heavy atom. The lowest BCUT2D eigenvalue weighted by Gasteiger charge is -2.37. The third kappa shape index (κ3) is 2.80. The average molecular weight is 255 g/mol. The van der Waals surface area contributed by atoms with Crippen LogP contribution >= 0.6 is 0 Å². The van der Waals surface area contributed by atoms with Crippen molar-refractivity contribution in [2.45, 2.75) is 6.10 Å². The van der Waals surface area contributed by atoms with Gasteiger partial charge in [0.15, 0.2) is 0 Å². The van der Waals surface area contributed by atoms with Crippen LogP contribution in [0.1, 0.15) is 11.7 Å². The monoisotopic (exact) mass is 255 g/mol. The summed E-state index contributed by atoms with van der Waals surface area (Å²) in [6.07, 6.45) is 9.13. The number of rotatable bonds is 1. The van der Waals surface area contributed by atoms with Crippen LogP contribution in [0.5, 0.6) is 0 Å². The van der Waals surface area contributed by atoms with E-state index in [9.17, 15) is 0 Å². The van der Waals surface area contributed by atoms with Gasteiger partial charge in [0.1, 0.15) is 0 Å². The number of allylic oxidation sites excluding steroid dienone is 2. The van der Waals surface area contributed by atoms with Crippen molar-refractivity contribution in [3.63, 3.8) is 0 Å². The van der Waals surface area contributed by atoms with E-state index in [0.29, 0.717) is 11.8 Å². The summed E-state index contributed by atoms with van der Waals surface area (Å²) in [5, 5.41) is 0. The molecule has 1 aromatic rings. The van der Waals surface area contributed by atoms with Gasteiger partial charge in [0.25, 0.3) is 0 Å². The minimum atomic E-state index is 0.182. The Balaban J connectivity index is 1.89. The Morgan fingerprint density at radius 1 is 1.11 bits per heavy atom. The van der Waals surface area contributed by atoms with Crippen molar-refractivity contribution >= 4 is 0 Å². The van der Waals surface area contributed by atoms with Gasteiger partial charge in [-0.1, -0.05) is 54.6 Å². The molecule has 2 nitrogen and oxygen atoms in total. The summed E-state index contributed by atoms with van der Waals surface area (Å²) < 4.78 is 6.18. The van der Waals surface area contributed by atoms with Gasteiger partial charge in [-0.2, -0.15) is 0 Å². The molecule has 0 saturated carbocycles. The molecule has 0 N–H and O–H groups in total. The second-order valence-electron chi connectivity index (χ2n) is 5.48. The molecule has 1 saturated heterocycles. The Morgan fingerprint density at radius 2 is 1.89 bits per heavy atom. The Hall–Kier alpha value is -1.38. The Bertz CT molecular complexity index is 465. The van der Waals surface area contributed by atoms with Crippen LogP contribution in [-0.2, 0) is 4.74 Å². The highest BCUT2D eigenvalue weighted by molar-refractivity contribution is 5.24. The van der Waals surface area contributed by atoms with Crippen molar-refractivity contribution in [3.8, 4) is 0 Å². The number of hydrogen-bond donors (Lipinski definition) is 0. The molecule has 3 atom stereocenters. The van der Waals surface area contributed by atoms with E-state index in [1.54, 1.807) is 0 Å². The van der Waals surface area contributed by atoms with Crippen LogP contribution in [0.4, 0.5) is 0 Å². The lowest BCUT2D eigenvalue weighted by molar-refractivity contribution is -0.0177. The molecular formula is C17H21NO. The van der Waals surface area contributed by atoms with E-state index in [4.69, 9.17) is 4.74 Å². The zero-order valence-corrected chi connectivity index (χ0v) is 11.4. The predicted octanol–water partition coefficient (Wildman–Crippen LogP) is 3.05. The number of benzene rings is 1. The lowest BCUT2D eigenvalue weighted by Crippen LogP contribution is -2.38. The molecule has 0 aromatic heterocycles. The average Bonchev–Trinajstić information content (AvgIpc) is 2.43. The van der Waals surface area contributed by atoms with E-state index in [2.05, 4.69) is 66.6 Å². The smallest absolute Gasteiger partial charge is 0.0894 e. The highest BCUT2D eigenvalue weighted by Crippen LogP contribution is 2.36. The first kappa shape index (κ1) is 12.6. The maximum Gasteiger partial charge on any atom is 0.0894 e. The van der Waals surface area contributed by atoms with E-state index in [-0.39, 0.29) is 6.10 Å². The van der Waals surface area contributed by atoms with Gasteiger partial charge < -0.3 is 9.64 Å². The highest BCUT2D eigenvalue weighted by Gasteiger charge is 2.31. The van der Waals surface area contributed by atoms with Crippen molar-refractivity contribution in [1.29, 1.82) is 0 Å². The van der Waals surface area contributed by atoms with Gasteiger partial charge in [0.2, 0.25) is 0 Å². The van der Waals surface area contributed by atoms with Gasteiger partial charge in [0, 0.05) is 19.0 Å². The molecule has 0 bridgehead atoms. The van der Waals surface area contributed by atoms with E-state index < -0.39 is 0 Å². The number of nitrogens with zero attached hydrogens (tertiary/aromatic N) is 1. The summed E-state index contributed by atoms with van der Waals surface area (Å²) in [6.45, 7) is 2.92. The third-order valence-electron chi connectivity index (χ3n) is 4.07. The normalized spacial score (nSPS) is 31.5. The van der Waals surface area contributed by atoms with Crippen molar-refractivity contribution in [3.05, 3.63) is 60.2 Å². The second-order valence-corrected chi connectivity index (χ2v) is 5.48. The van der Waals surface area contributed by atoms with Crippen LogP contribution in [0.3, 0.4) is 0 Å². The van der Waals surface area contributed by atoms with Crippen LogP contribution in [0, 0.1) is 11.8 Å². The predicted molar refractivity (Wildman–Crippen MR) is 77.9 cm³/mol. The Kier molecular flexibility index (Phi) is 3.81. The fraction of sp³-hybridized carbons (Fsp3) is 0.412. The molecule has 3 unspecified atom stereocenters. The molecule has 1 aliphatic carbocycles. The van der Waals surface area contributed by atoms with Crippen molar-refractivity contribution in [1.82, 2.24) is 4.90 Å². The first-order valence-electron chi connectivity index (χ1n) is 7.04. The van der Waals surface area contributed by atoms with Crippen LogP contribution in [0.15, 0.2) is 54.6 Å². The molecular weight excluding hydrogens is 234 g/mol. The van der Waals surface area contributed by atoms with Gasteiger partial charge in [-0.05, 0) is 18.5 Å². The molecule has 0 amide bonds. The first-order valence-corrected chi connectivity index (χ1v) is 7.04. The maximum absolute atomic E-state index is 6.18. The lowest BCUT2D eigenvalue weighted by atomic mass is 9.81. The van der Waals surface area contributed by atoms with Crippen LogP contribution in [-0.4, -0.2) is 31.6 Å². The van der Waals surface area contributed by atoms with Crippen molar-refractivity contribution in [2.24, 2.45) is 11.8 Å². The molecule has 1 heterocycles. The summed E-state index contributed by atoms with van der Waals surface area (Å²) in [6, 6.07) is 10.6. The van der Waals surface area contributed by atoms with Gasteiger partial charge in [-0.15, -0.1) is 0 Å². The van der Waals surface area contributed by atoms with E-state index in [1.165, 1.54) is 5.56 Å². The molecule has 2 heteroatoms. The topological polar surface area (TPSA) is 12.5 Å². The molecule has 3 rings (SSSR count). The van der Waals surface area contributed by atoms with Gasteiger partial charge >= 0.3 is 0 Å². The van der Waals surface area contributed by atoms with Crippen LogP contribution < -0.4 is 0 Å². The van der Waals surface area contributed by atoms with E-state index >= 15 is 0 Å². The molecule has 1 aliphatic heterocycles. The van der Waals surface area contributed by atoms with Crippen LogP contribution in [0.2, 0.25) is 0 Å². The van der Waals surface area contributed by atoms with Crippen LogP contribution in [0.25, 0.3) is 0 Å². The van der Waals surface area contributed by atoms with Gasteiger partial charge in [-0.3, -0.25) is 0 Å². The Labute approximate surface area is 115 Å². The largest absolute Gasteiger partial charge is 0.372 e. The highest BCUT2D eigenvalue weighted by atomic mass is 16.5. The van der Waals surface area contributed by atoms with E-state index in [0.717, 1.165) is 19.7 Å². The summed E-state index contributed by atoms with van der Waals surface area (Å²) >= 11 is 0. The SMILES string of the molecule is CN1CCOC(c2ccccc2)C2C=CC=CC2C1. The fourth-order valence-electron chi connectivity index (χ4n) is 3.04. The van der Waals surface area contributed by atoms with Crippen molar-refractivity contribution < 1.29 is 4.74 Å². The molecule has 100 valence electrons. The van der Waals surface area contributed by atoms with Crippen molar-refractivity contribution in [2.75, 3.05) is 26.7 Å². The molecule has 2 aliphatic rings. The summed E-state index contributed by atoms with van der Waals surface area (Å²) in [4.78, 5) is 2.36. The summed E-state index contributed by atoms with van der Waals surface area (Å²) in [7, 11) is 2.18. The minimum Gasteiger partial charge on any atom is -0.372 e. The summed E-state index contributed by atoms with van der Waals surface area (Å²) in [5.74, 6) is 0.982. The minimum absolute atomic E-state index is 0.182. The van der Waals surface area contributed by atoms with Gasteiger partial charge in [-0.25, -0.2) is 0 Å². The zero-order chi connectivity index (χ0) is 13.1. The molecule has 1 fully saturated rings. The number of likely N-dealkylation sites (N-methyl/N-ethyl adjacent to an activating group) is 1. The molecule has 0 radical (unpaired) electrons. The summed E-state index contributed by atoms with van der Waals surface area (Å²) in [5.41, 5.74) is 1.29. The fourth-order valence-corrected chi connectivity index (χ4v) is 3.04.